The van der Waals surface area contributed by atoms with E-state index >= 15 is 8.78 Å². The van der Waals surface area contributed by atoms with Gasteiger partial charge >= 0.3 is 0 Å². The highest BCUT2D eigenvalue weighted by molar-refractivity contribution is 5.67. The Kier molecular flexibility index (Phi) is 9.59. The van der Waals surface area contributed by atoms with E-state index in [1.54, 1.807) is 50.9 Å². The van der Waals surface area contributed by atoms with Crippen LogP contribution in [0.25, 0.3) is 5.69 Å². The Labute approximate surface area is 248 Å². The Morgan fingerprint density at radius 2 is 1.56 bits per heavy atom. The molecule has 2 N–H and O–H groups in total. The van der Waals surface area contributed by atoms with Crippen molar-refractivity contribution in [2.24, 2.45) is 0 Å². The average molecular weight is 601 g/mol. The predicted molar refractivity (Wildman–Crippen MR) is 158 cm³/mol. The molecule has 0 aliphatic rings. The van der Waals surface area contributed by atoms with E-state index in [9.17, 15) is 9.50 Å². The second-order valence-electron chi connectivity index (χ2n) is 10.2. The number of aliphatic hydroxyl groups excluding tert-OH is 1. The molecule has 0 aliphatic heterocycles. The number of nitrogens with one attached hydrogen (secondary N) is 1. The van der Waals surface area contributed by atoms with Gasteiger partial charge in [0.05, 0.1) is 33.2 Å². The van der Waals surface area contributed by atoms with Gasteiger partial charge in [0, 0.05) is 62.1 Å². The van der Waals surface area contributed by atoms with E-state index in [1.807, 2.05) is 11.0 Å². The van der Waals surface area contributed by atoms with Gasteiger partial charge in [-0.25, -0.2) is 18.2 Å². The van der Waals surface area contributed by atoms with Gasteiger partial charge in [0.25, 0.3) is 0 Å². The molecule has 12 heteroatoms. The van der Waals surface area contributed by atoms with E-state index in [1.165, 1.54) is 32.4 Å². The molecule has 0 saturated heterocycles. The Morgan fingerprint density at radius 1 is 0.884 bits per heavy atom. The van der Waals surface area contributed by atoms with Crippen molar-refractivity contribution in [3.05, 3.63) is 77.7 Å². The van der Waals surface area contributed by atoms with Gasteiger partial charge in [0.2, 0.25) is 5.95 Å². The standard InChI is InChI=1S/C31H35F3N4O5/c1-31(2,11-12-39)43-21-15-24(33)22(25(34)16-21)17-35-30-36-18-29(38(30)20-7-9-23(32)27(14-20)41-5)37(3)19-8-10-26(40-4)28(13-19)42-6/h7-10,13-16,18,39H,11-12,17H2,1-6H3,(H,35,36). The number of aliphatic hydroxyl groups is 1. The molecular weight excluding hydrogens is 565 g/mol. The van der Waals surface area contributed by atoms with Gasteiger partial charge in [-0.2, -0.15) is 0 Å². The Hall–Kier alpha value is -4.58. The SMILES string of the molecule is COc1cc(-n2c(N(C)c3ccc(OC)c(OC)c3)cnc2NCc2c(F)cc(OC(C)(C)CCO)cc2F)ccc1F. The van der Waals surface area contributed by atoms with Crippen LogP contribution in [0.1, 0.15) is 25.8 Å². The molecule has 0 spiro atoms. The fourth-order valence-corrected chi connectivity index (χ4v) is 4.53. The lowest BCUT2D eigenvalue weighted by molar-refractivity contribution is 0.0758. The molecule has 43 heavy (non-hydrogen) atoms. The molecule has 4 rings (SSSR count). The summed E-state index contributed by atoms with van der Waals surface area (Å²) in [6, 6.07) is 11.9. The van der Waals surface area contributed by atoms with Crippen LogP contribution in [0.4, 0.5) is 30.6 Å². The number of rotatable bonds is 13. The van der Waals surface area contributed by atoms with E-state index in [2.05, 4.69) is 10.3 Å². The minimum absolute atomic E-state index is 0.00803. The molecule has 1 heterocycles. The van der Waals surface area contributed by atoms with E-state index < -0.39 is 23.1 Å². The first-order chi connectivity index (χ1) is 20.5. The Balaban J connectivity index is 1.71. The van der Waals surface area contributed by atoms with Crippen molar-refractivity contribution in [2.45, 2.75) is 32.4 Å². The molecule has 0 aliphatic carbocycles. The number of aromatic nitrogens is 2. The largest absolute Gasteiger partial charge is 0.494 e. The molecule has 230 valence electrons. The quantitative estimate of drug-likeness (QED) is 0.187. The van der Waals surface area contributed by atoms with Gasteiger partial charge in [-0.1, -0.05) is 0 Å². The first-order valence-corrected chi connectivity index (χ1v) is 13.4. The summed E-state index contributed by atoms with van der Waals surface area (Å²) < 4.78 is 67.9. The predicted octanol–water partition coefficient (Wildman–Crippen LogP) is 6.24. The zero-order valence-corrected chi connectivity index (χ0v) is 24.9. The minimum atomic E-state index is -0.815. The fraction of sp³-hybridized carbons (Fsp3) is 0.323. The number of nitrogens with zero attached hydrogens (tertiary/aromatic N) is 3. The number of imidazole rings is 1. The highest BCUT2D eigenvalue weighted by Gasteiger charge is 2.23. The van der Waals surface area contributed by atoms with Crippen LogP contribution in [0.3, 0.4) is 0 Å². The summed E-state index contributed by atoms with van der Waals surface area (Å²) in [5.41, 5.74) is 0.158. The minimum Gasteiger partial charge on any atom is -0.494 e. The van der Waals surface area contributed by atoms with E-state index in [-0.39, 0.29) is 42.6 Å². The van der Waals surface area contributed by atoms with Gasteiger partial charge in [-0.15, -0.1) is 0 Å². The maximum Gasteiger partial charge on any atom is 0.209 e. The monoisotopic (exact) mass is 600 g/mol. The van der Waals surface area contributed by atoms with E-state index in [0.29, 0.717) is 23.0 Å². The van der Waals surface area contributed by atoms with Gasteiger partial charge < -0.3 is 34.3 Å². The van der Waals surface area contributed by atoms with Gasteiger partial charge in [0.1, 0.15) is 28.8 Å². The van der Waals surface area contributed by atoms with Crippen molar-refractivity contribution in [1.82, 2.24) is 9.55 Å². The number of anilines is 3. The second kappa shape index (κ2) is 13.2. The van der Waals surface area contributed by atoms with Crippen molar-refractivity contribution < 1.29 is 37.2 Å². The number of halogens is 3. The Morgan fingerprint density at radius 3 is 2.19 bits per heavy atom. The molecule has 0 amide bonds. The topological polar surface area (TPSA) is 90.2 Å². The summed E-state index contributed by atoms with van der Waals surface area (Å²) in [6.07, 6.45) is 1.86. The van der Waals surface area contributed by atoms with Crippen LogP contribution < -0.4 is 29.2 Å². The third kappa shape index (κ3) is 6.91. The first-order valence-electron chi connectivity index (χ1n) is 13.4. The molecule has 0 radical (unpaired) electrons. The van der Waals surface area contributed by atoms with Crippen molar-refractivity contribution in [1.29, 1.82) is 0 Å². The molecule has 0 unspecified atom stereocenters. The summed E-state index contributed by atoms with van der Waals surface area (Å²) >= 11 is 0. The number of ether oxygens (including phenoxy) is 4. The Bertz CT molecular complexity index is 1550. The van der Waals surface area contributed by atoms with Crippen molar-refractivity contribution >= 4 is 17.5 Å². The summed E-state index contributed by atoms with van der Waals surface area (Å²) in [6.45, 7) is 3.05. The van der Waals surface area contributed by atoms with Gasteiger partial charge in [0.15, 0.2) is 23.1 Å². The lowest BCUT2D eigenvalue weighted by atomic mass is 10.1. The summed E-state index contributed by atoms with van der Waals surface area (Å²) in [5.74, 6) is -0.320. The number of hydrogen-bond acceptors (Lipinski definition) is 8. The van der Waals surface area contributed by atoms with E-state index in [0.717, 1.165) is 17.8 Å². The lowest BCUT2D eigenvalue weighted by Crippen LogP contribution is -2.29. The van der Waals surface area contributed by atoms with E-state index in [4.69, 9.17) is 18.9 Å². The fourth-order valence-electron chi connectivity index (χ4n) is 4.53. The molecular formula is C31H35F3N4O5. The lowest BCUT2D eigenvalue weighted by Gasteiger charge is -2.26. The molecule has 0 bridgehead atoms. The molecule has 1 aromatic heterocycles. The number of benzene rings is 3. The summed E-state index contributed by atoms with van der Waals surface area (Å²) in [4.78, 5) is 6.30. The van der Waals surface area contributed by atoms with Crippen molar-refractivity contribution in [3.63, 3.8) is 0 Å². The van der Waals surface area contributed by atoms with Crippen LogP contribution in [-0.4, -0.2) is 55.2 Å². The van der Waals surface area contributed by atoms with Crippen LogP contribution in [-0.2, 0) is 6.54 Å². The van der Waals surface area contributed by atoms with Crippen LogP contribution in [0.15, 0.2) is 54.7 Å². The zero-order valence-electron chi connectivity index (χ0n) is 24.9. The highest BCUT2D eigenvalue weighted by Crippen LogP contribution is 2.36. The summed E-state index contributed by atoms with van der Waals surface area (Å²) in [5, 5.41) is 12.2. The van der Waals surface area contributed by atoms with Crippen LogP contribution in [0, 0.1) is 17.5 Å². The maximum absolute atomic E-state index is 15.1. The highest BCUT2D eigenvalue weighted by atomic mass is 19.1. The maximum atomic E-state index is 15.1. The molecule has 4 aromatic rings. The van der Waals surface area contributed by atoms with Crippen LogP contribution >= 0.6 is 0 Å². The van der Waals surface area contributed by atoms with Crippen molar-refractivity contribution in [2.75, 3.05) is 45.2 Å². The summed E-state index contributed by atoms with van der Waals surface area (Å²) in [7, 11) is 6.23. The first kappa shape index (κ1) is 31.4. The van der Waals surface area contributed by atoms with Crippen LogP contribution in [0.2, 0.25) is 0 Å². The molecule has 0 atom stereocenters. The third-order valence-corrected chi connectivity index (χ3v) is 6.88. The molecule has 0 fully saturated rings. The van der Waals surface area contributed by atoms with Gasteiger partial charge in [-0.05, 0) is 38.1 Å². The smallest absolute Gasteiger partial charge is 0.209 e. The average Bonchev–Trinajstić information content (AvgIpc) is 3.39. The third-order valence-electron chi connectivity index (χ3n) is 6.88. The molecule has 9 nitrogen and oxygen atoms in total. The second-order valence-corrected chi connectivity index (χ2v) is 10.2. The number of methoxy groups -OCH3 is 3. The molecule has 3 aromatic carbocycles. The van der Waals surface area contributed by atoms with Crippen molar-refractivity contribution in [3.8, 4) is 28.7 Å². The van der Waals surface area contributed by atoms with Gasteiger partial charge in [-0.3, -0.25) is 4.57 Å². The number of hydrogen-bond donors (Lipinski definition) is 2. The molecule has 0 saturated carbocycles. The van der Waals surface area contributed by atoms with Crippen LogP contribution in [0.5, 0.6) is 23.0 Å². The zero-order chi connectivity index (χ0) is 31.3. The normalized spacial score (nSPS) is 11.3.